The van der Waals surface area contributed by atoms with E-state index in [-0.39, 0.29) is 23.7 Å². The molecule has 23 heavy (non-hydrogen) atoms. The van der Waals surface area contributed by atoms with Crippen molar-refractivity contribution in [2.24, 2.45) is 11.8 Å². The van der Waals surface area contributed by atoms with Gasteiger partial charge in [-0.3, -0.25) is 9.59 Å². The third kappa shape index (κ3) is 3.76. The minimum absolute atomic E-state index is 0.0333. The predicted molar refractivity (Wildman–Crippen MR) is 86.8 cm³/mol. The zero-order chi connectivity index (χ0) is 17.0. The van der Waals surface area contributed by atoms with Gasteiger partial charge in [0.15, 0.2) is 0 Å². The van der Waals surface area contributed by atoms with Crippen molar-refractivity contribution < 1.29 is 19.1 Å². The lowest BCUT2D eigenvalue weighted by Crippen LogP contribution is -2.34. The third-order valence-corrected chi connectivity index (χ3v) is 4.32. The van der Waals surface area contributed by atoms with Gasteiger partial charge >= 0.3 is 0 Å². The van der Waals surface area contributed by atoms with Gasteiger partial charge in [-0.1, -0.05) is 11.6 Å². The molecule has 126 valence electrons. The van der Waals surface area contributed by atoms with Crippen molar-refractivity contribution in [2.45, 2.75) is 0 Å². The Morgan fingerprint density at radius 2 is 2.09 bits per heavy atom. The highest BCUT2D eigenvalue weighted by Crippen LogP contribution is 2.29. The van der Waals surface area contributed by atoms with Gasteiger partial charge in [-0.05, 0) is 18.2 Å². The van der Waals surface area contributed by atoms with E-state index in [0.717, 1.165) is 0 Å². The van der Waals surface area contributed by atoms with Gasteiger partial charge in [-0.2, -0.15) is 0 Å². The van der Waals surface area contributed by atoms with Crippen LogP contribution < -0.4 is 10.1 Å². The number of carbonyl (C=O) groups is 2. The molecule has 0 bridgehead atoms. The minimum atomic E-state index is -0.283. The molecule has 1 saturated heterocycles. The molecular weight excluding hydrogens is 320 g/mol. The second-order valence-corrected chi connectivity index (χ2v) is 5.93. The average Bonchev–Trinajstić information content (AvgIpc) is 2.97. The van der Waals surface area contributed by atoms with Crippen molar-refractivity contribution in [3.05, 3.63) is 28.8 Å². The number of halogens is 1. The lowest BCUT2D eigenvalue weighted by atomic mass is 9.96. The number of amides is 2. The summed E-state index contributed by atoms with van der Waals surface area (Å²) in [5.41, 5.74) is 0.397. The van der Waals surface area contributed by atoms with E-state index < -0.39 is 0 Å². The van der Waals surface area contributed by atoms with Crippen LogP contribution >= 0.6 is 11.6 Å². The fraction of sp³-hybridized carbons (Fsp3) is 0.500. The number of methoxy groups -OCH3 is 2. The molecule has 1 N–H and O–H groups in total. The van der Waals surface area contributed by atoms with Gasteiger partial charge in [0.1, 0.15) is 5.75 Å². The zero-order valence-electron chi connectivity index (χ0n) is 13.5. The van der Waals surface area contributed by atoms with Crippen LogP contribution in [0.4, 0.5) is 0 Å². The molecule has 2 amide bonds. The maximum absolute atomic E-state index is 12.8. The molecule has 1 aliphatic rings. The van der Waals surface area contributed by atoms with Gasteiger partial charge in [0.05, 0.1) is 25.2 Å². The molecule has 1 fully saturated rings. The van der Waals surface area contributed by atoms with Gasteiger partial charge in [0.25, 0.3) is 5.91 Å². The Labute approximate surface area is 140 Å². The van der Waals surface area contributed by atoms with Gasteiger partial charge in [-0.25, -0.2) is 0 Å². The maximum atomic E-state index is 12.8. The highest BCUT2D eigenvalue weighted by molar-refractivity contribution is 6.31. The smallest absolute Gasteiger partial charge is 0.257 e. The molecule has 6 nitrogen and oxygen atoms in total. The molecule has 1 aromatic rings. The lowest BCUT2D eigenvalue weighted by Gasteiger charge is -2.18. The number of benzene rings is 1. The summed E-state index contributed by atoms with van der Waals surface area (Å²) in [4.78, 5) is 26.5. The number of nitrogens with one attached hydrogen (secondary N) is 1. The first kappa shape index (κ1) is 17.6. The van der Waals surface area contributed by atoms with Crippen LogP contribution in [-0.2, 0) is 9.53 Å². The van der Waals surface area contributed by atoms with Crippen LogP contribution in [0.15, 0.2) is 18.2 Å². The fourth-order valence-corrected chi connectivity index (χ4v) is 3.09. The molecule has 1 aliphatic heterocycles. The van der Waals surface area contributed by atoms with E-state index in [1.54, 1.807) is 37.3 Å². The van der Waals surface area contributed by atoms with E-state index in [9.17, 15) is 9.59 Å². The van der Waals surface area contributed by atoms with Crippen LogP contribution in [0.3, 0.4) is 0 Å². The summed E-state index contributed by atoms with van der Waals surface area (Å²) in [6.07, 6.45) is 0. The Hall–Kier alpha value is -1.79. The first-order valence-corrected chi connectivity index (χ1v) is 7.73. The first-order valence-electron chi connectivity index (χ1n) is 7.35. The Kier molecular flexibility index (Phi) is 5.85. The molecule has 0 spiro atoms. The highest BCUT2D eigenvalue weighted by atomic mass is 35.5. The van der Waals surface area contributed by atoms with E-state index in [2.05, 4.69) is 5.32 Å². The van der Waals surface area contributed by atoms with Gasteiger partial charge in [0.2, 0.25) is 5.91 Å². The summed E-state index contributed by atoms with van der Waals surface area (Å²) >= 11 is 5.99. The summed E-state index contributed by atoms with van der Waals surface area (Å²) in [6.45, 7) is 1.23. The largest absolute Gasteiger partial charge is 0.496 e. The minimum Gasteiger partial charge on any atom is -0.496 e. The lowest BCUT2D eigenvalue weighted by molar-refractivity contribution is -0.125. The fourth-order valence-electron chi connectivity index (χ4n) is 2.92. The summed E-state index contributed by atoms with van der Waals surface area (Å²) in [6, 6.07) is 4.91. The van der Waals surface area contributed by atoms with Crippen molar-refractivity contribution in [1.82, 2.24) is 10.2 Å². The van der Waals surface area contributed by atoms with Crippen molar-refractivity contribution in [1.29, 1.82) is 0 Å². The van der Waals surface area contributed by atoms with E-state index in [1.807, 2.05) is 0 Å². The molecule has 0 unspecified atom stereocenters. The third-order valence-electron chi connectivity index (χ3n) is 4.08. The number of hydrogen-bond acceptors (Lipinski definition) is 4. The molecule has 0 aliphatic carbocycles. The SMILES string of the molecule is CNC(=O)[C@@H]1CN(C(=O)c2cc(Cl)ccc2OC)C[C@H]1COC. The molecule has 1 aromatic carbocycles. The van der Waals surface area contributed by atoms with Crippen molar-refractivity contribution in [2.75, 3.05) is 41.0 Å². The van der Waals surface area contributed by atoms with Crippen molar-refractivity contribution in [3.8, 4) is 5.75 Å². The van der Waals surface area contributed by atoms with E-state index >= 15 is 0 Å². The zero-order valence-corrected chi connectivity index (χ0v) is 14.2. The molecule has 7 heteroatoms. The normalized spacial score (nSPS) is 20.4. The molecule has 2 rings (SSSR count). The van der Waals surface area contributed by atoms with Crippen LogP contribution in [0.5, 0.6) is 5.75 Å². The van der Waals surface area contributed by atoms with Crippen molar-refractivity contribution >= 4 is 23.4 Å². The number of hydrogen-bond donors (Lipinski definition) is 1. The van der Waals surface area contributed by atoms with Crippen LogP contribution in [0, 0.1) is 11.8 Å². The van der Waals surface area contributed by atoms with Crippen LogP contribution in [0.2, 0.25) is 5.02 Å². The molecule has 1 heterocycles. The Balaban J connectivity index is 2.23. The van der Waals surface area contributed by atoms with E-state index in [1.165, 1.54) is 7.11 Å². The maximum Gasteiger partial charge on any atom is 0.257 e. The monoisotopic (exact) mass is 340 g/mol. The Morgan fingerprint density at radius 1 is 1.35 bits per heavy atom. The molecule has 0 radical (unpaired) electrons. The van der Waals surface area contributed by atoms with E-state index in [4.69, 9.17) is 21.1 Å². The van der Waals surface area contributed by atoms with Gasteiger partial charge in [0, 0.05) is 38.2 Å². The topological polar surface area (TPSA) is 67.9 Å². The summed E-state index contributed by atoms with van der Waals surface area (Å²) in [7, 11) is 4.69. The number of ether oxygens (including phenoxy) is 2. The Bertz CT molecular complexity index is 593. The summed E-state index contributed by atoms with van der Waals surface area (Å²) in [5, 5.41) is 3.11. The molecule has 0 aromatic heterocycles. The quantitative estimate of drug-likeness (QED) is 0.880. The van der Waals surface area contributed by atoms with Crippen LogP contribution in [0.25, 0.3) is 0 Å². The van der Waals surface area contributed by atoms with Crippen LogP contribution in [0.1, 0.15) is 10.4 Å². The molecular formula is C16H21ClN2O4. The second kappa shape index (κ2) is 7.66. The average molecular weight is 341 g/mol. The molecule has 0 saturated carbocycles. The summed E-state index contributed by atoms with van der Waals surface area (Å²) in [5.74, 6) is -0.133. The van der Waals surface area contributed by atoms with Crippen LogP contribution in [-0.4, -0.2) is 57.7 Å². The predicted octanol–water partition coefficient (Wildman–Crippen LogP) is 1.43. The first-order chi connectivity index (χ1) is 11.0. The Morgan fingerprint density at radius 3 is 2.70 bits per heavy atom. The number of nitrogens with zero attached hydrogens (tertiary/aromatic N) is 1. The second-order valence-electron chi connectivity index (χ2n) is 5.49. The molecule has 2 atom stereocenters. The number of carbonyl (C=O) groups excluding carboxylic acids is 2. The summed E-state index contributed by atoms with van der Waals surface area (Å²) < 4.78 is 10.4. The van der Waals surface area contributed by atoms with Gasteiger partial charge < -0.3 is 19.7 Å². The van der Waals surface area contributed by atoms with E-state index in [0.29, 0.717) is 36.0 Å². The highest BCUT2D eigenvalue weighted by Gasteiger charge is 2.39. The standard InChI is InChI=1S/C16H21ClN2O4/c1-18-15(20)13-8-19(7-10(13)9-22-2)16(21)12-6-11(17)4-5-14(12)23-3/h4-6,10,13H,7-9H2,1-3H3,(H,18,20)/t10-,13+/m0/s1. The van der Waals surface area contributed by atoms with Crippen molar-refractivity contribution in [3.63, 3.8) is 0 Å². The number of rotatable bonds is 5. The number of likely N-dealkylation sites (tertiary alicyclic amines) is 1. The van der Waals surface area contributed by atoms with Gasteiger partial charge in [-0.15, -0.1) is 0 Å².